The van der Waals surface area contributed by atoms with E-state index < -0.39 is 95.1 Å². The van der Waals surface area contributed by atoms with E-state index >= 15 is 0 Å². The first kappa shape index (κ1) is 35.4. The van der Waals surface area contributed by atoms with Crippen LogP contribution >= 0.6 is 0 Å². The van der Waals surface area contributed by atoms with Crippen LogP contribution in [0.1, 0.15) is 29.5 Å². The zero-order valence-corrected chi connectivity index (χ0v) is 25.2. The van der Waals surface area contributed by atoms with E-state index in [0.717, 1.165) is 60.7 Å². The fraction of sp³-hybridized carbons (Fsp3) is 0.176. The van der Waals surface area contributed by atoms with Crippen LogP contribution in [0.5, 0.6) is 34.5 Å². The summed E-state index contributed by atoms with van der Waals surface area (Å²) in [7, 11) is 0. The molecule has 0 aromatic heterocycles. The van der Waals surface area contributed by atoms with E-state index in [1.165, 1.54) is 30.4 Å². The molecule has 0 aliphatic heterocycles. The highest BCUT2D eigenvalue weighted by atomic mass is 16.6. The van der Waals surface area contributed by atoms with Crippen molar-refractivity contribution in [2.75, 3.05) is 0 Å². The van der Waals surface area contributed by atoms with E-state index in [0.29, 0.717) is 0 Å². The molecule has 0 unspecified atom stereocenters. The summed E-state index contributed by atoms with van der Waals surface area (Å²) in [4.78, 5) is 51.0. The number of aromatic hydroxyl groups is 6. The first-order chi connectivity index (χ1) is 23.2. The van der Waals surface area contributed by atoms with Crippen LogP contribution in [-0.4, -0.2) is 88.6 Å². The first-order valence-corrected chi connectivity index (χ1v) is 14.3. The minimum absolute atomic E-state index is 0.233. The SMILES string of the molecule is O=C(/C=C/c1ccc(O)c(O)c1)O[C@H]1CC(OC(=O)/C=C/c2ccc(O)c(O)c2)(C(=O)O)C[C@H](OC(=O)/C=C/c2ccc(O)c(O)c2)C1O. The van der Waals surface area contributed by atoms with Gasteiger partial charge in [-0.05, 0) is 71.3 Å². The molecule has 1 aliphatic carbocycles. The third kappa shape index (κ3) is 9.08. The Morgan fingerprint density at radius 2 is 0.918 bits per heavy atom. The molecular formula is C34H30O15. The van der Waals surface area contributed by atoms with Gasteiger partial charge in [0.1, 0.15) is 18.3 Å². The summed E-state index contributed by atoms with van der Waals surface area (Å²) in [5.74, 6) is -7.79. The number of carbonyl (C=O) groups excluding carboxylic acids is 3. The summed E-state index contributed by atoms with van der Waals surface area (Å²) in [5, 5.41) is 78.8. The Kier molecular flexibility index (Phi) is 10.8. The van der Waals surface area contributed by atoms with Crippen LogP contribution in [0.3, 0.4) is 0 Å². The zero-order chi connectivity index (χ0) is 35.9. The Morgan fingerprint density at radius 3 is 1.24 bits per heavy atom. The number of ether oxygens (including phenoxy) is 3. The van der Waals surface area contributed by atoms with Gasteiger partial charge in [-0.15, -0.1) is 0 Å². The third-order valence-electron chi connectivity index (χ3n) is 7.28. The molecule has 0 radical (unpaired) electrons. The average molecular weight is 679 g/mol. The molecule has 15 nitrogen and oxygen atoms in total. The number of aliphatic carboxylic acids is 1. The van der Waals surface area contributed by atoms with Crippen molar-refractivity contribution in [3.8, 4) is 34.5 Å². The van der Waals surface area contributed by atoms with Gasteiger partial charge in [-0.2, -0.15) is 0 Å². The molecule has 4 rings (SSSR count). The number of benzene rings is 3. The van der Waals surface area contributed by atoms with Crippen molar-refractivity contribution in [2.24, 2.45) is 0 Å². The maximum atomic E-state index is 12.8. The number of rotatable bonds is 10. The van der Waals surface area contributed by atoms with Gasteiger partial charge in [0, 0.05) is 31.1 Å². The number of hydrogen-bond donors (Lipinski definition) is 8. The molecule has 3 aromatic carbocycles. The van der Waals surface area contributed by atoms with E-state index in [9.17, 15) is 60.0 Å². The average Bonchev–Trinajstić information content (AvgIpc) is 3.04. The van der Waals surface area contributed by atoms with Crippen molar-refractivity contribution < 1.29 is 74.2 Å². The summed E-state index contributed by atoms with van der Waals surface area (Å²) in [5.41, 5.74) is -1.75. The van der Waals surface area contributed by atoms with Crippen molar-refractivity contribution in [3.63, 3.8) is 0 Å². The Balaban J connectivity index is 1.58. The second-order valence-corrected chi connectivity index (χ2v) is 10.8. The number of hydrogen-bond acceptors (Lipinski definition) is 14. The van der Waals surface area contributed by atoms with Crippen LogP contribution in [-0.2, 0) is 33.4 Å². The summed E-state index contributed by atoms with van der Waals surface area (Å²) in [6.07, 6.45) is -0.661. The van der Waals surface area contributed by atoms with Gasteiger partial charge in [0.15, 0.2) is 34.5 Å². The van der Waals surface area contributed by atoms with Crippen LogP contribution in [0, 0.1) is 0 Å². The lowest BCUT2D eigenvalue weighted by atomic mass is 9.79. The number of carbonyl (C=O) groups is 4. The normalized spacial score (nSPS) is 20.7. The van der Waals surface area contributed by atoms with Crippen molar-refractivity contribution >= 4 is 42.1 Å². The van der Waals surface area contributed by atoms with Crippen molar-refractivity contribution in [1.29, 1.82) is 0 Å². The largest absolute Gasteiger partial charge is 0.504 e. The molecule has 256 valence electrons. The number of esters is 3. The van der Waals surface area contributed by atoms with Gasteiger partial charge in [-0.3, -0.25) is 0 Å². The molecule has 3 aromatic rings. The van der Waals surface area contributed by atoms with Crippen molar-refractivity contribution in [1.82, 2.24) is 0 Å². The molecule has 0 spiro atoms. The molecule has 8 N–H and O–H groups in total. The standard InChI is InChI=1S/C34H30O15/c35-21-7-1-18(13-24(21)38)4-10-29(41)47-27-16-34(33(45)46,49-31(43)12-6-20-3-9-23(37)26(40)15-20)17-28(32(27)44)48-30(42)11-5-19-2-8-22(36)25(39)14-19/h1-15,27-28,32,35-40,44H,16-17H2,(H,45,46)/b10-4+,11-5+,12-6+/t27-,28-,32?,34?/m0/s1. The van der Waals surface area contributed by atoms with E-state index in [2.05, 4.69) is 0 Å². The van der Waals surface area contributed by atoms with Gasteiger partial charge in [0.2, 0.25) is 5.60 Å². The van der Waals surface area contributed by atoms with Gasteiger partial charge in [0.25, 0.3) is 0 Å². The summed E-state index contributed by atoms with van der Waals surface area (Å²) in [6.45, 7) is 0. The van der Waals surface area contributed by atoms with Gasteiger partial charge in [0.05, 0.1) is 0 Å². The van der Waals surface area contributed by atoms with E-state index in [1.807, 2.05) is 0 Å². The maximum absolute atomic E-state index is 12.8. The predicted octanol–water partition coefficient (Wildman–Crippen LogP) is 2.71. The molecule has 0 bridgehead atoms. The second kappa shape index (κ2) is 15.0. The van der Waals surface area contributed by atoms with Crippen LogP contribution in [0.25, 0.3) is 18.2 Å². The fourth-order valence-electron chi connectivity index (χ4n) is 4.77. The Morgan fingerprint density at radius 1 is 0.571 bits per heavy atom. The number of phenols is 6. The topological polar surface area (TPSA) is 258 Å². The van der Waals surface area contributed by atoms with E-state index in [4.69, 9.17) is 14.2 Å². The van der Waals surface area contributed by atoms with Gasteiger partial charge < -0.3 is 55.1 Å². The van der Waals surface area contributed by atoms with Crippen molar-refractivity contribution in [2.45, 2.75) is 36.8 Å². The maximum Gasteiger partial charge on any atom is 0.348 e. The molecule has 0 saturated heterocycles. The molecule has 15 heteroatoms. The highest BCUT2D eigenvalue weighted by molar-refractivity contribution is 5.91. The van der Waals surface area contributed by atoms with E-state index in [1.54, 1.807) is 0 Å². The van der Waals surface area contributed by atoms with Gasteiger partial charge in [-0.25, -0.2) is 19.2 Å². The number of carboxylic acid groups (broad SMARTS) is 1. The predicted molar refractivity (Wildman–Crippen MR) is 168 cm³/mol. The lowest BCUT2D eigenvalue weighted by Crippen LogP contribution is -2.59. The molecule has 49 heavy (non-hydrogen) atoms. The highest BCUT2D eigenvalue weighted by Crippen LogP contribution is 2.37. The molecule has 0 heterocycles. The molecular weight excluding hydrogens is 648 g/mol. The van der Waals surface area contributed by atoms with Crippen LogP contribution < -0.4 is 0 Å². The molecule has 1 fully saturated rings. The number of phenolic OH excluding ortho intramolecular Hbond substituents is 6. The molecule has 1 aliphatic rings. The smallest absolute Gasteiger partial charge is 0.348 e. The van der Waals surface area contributed by atoms with Gasteiger partial charge >= 0.3 is 23.9 Å². The van der Waals surface area contributed by atoms with E-state index in [-0.39, 0.29) is 16.7 Å². The Labute approximate surface area is 277 Å². The summed E-state index contributed by atoms with van der Waals surface area (Å²) < 4.78 is 16.0. The number of carboxylic acids is 1. The minimum atomic E-state index is -2.51. The van der Waals surface area contributed by atoms with Crippen molar-refractivity contribution in [3.05, 3.63) is 89.5 Å². The van der Waals surface area contributed by atoms with Crippen LogP contribution in [0.2, 0.25) is 0 Å². The second-order valence-electron chi connectivity index (χ2n) is 10.8. The lowest BCUT2D eigenvalue weighted by molar-refractivity contribution is -0.211. The number of aliphatic hydroxyl groups excluding tert-OH is 1. The Bertz CT molecular complexity index is 1760. The molecule has 1 saturated carbocycles. The lowest BCUT2D eigenvalue weighted by Gasteiger charge is -2.42. The summed E-state index contributed by atoms with van der Waals surface area (Å²) in [6, 6.07) is 10.9. The first-order valence-electron chi connectivity index (χ1n) is 14.3. The fourth-order valence-corrected chi connectivity index (χ4v) is 4.77. The zero-order valence-electron chi connectivity index (χ0n) is 25.2. The Hall–Kier alpha value is -6.48. The minimum Gasteiger partial charge on any atom is -0.504 e. The monoisotopic (exact) mass is 678 g/mol. The number of aliphatic hydroxyl groups is 1. The third-order valence-corrected chi connectivity index (χ3v) is 7.28. The molecule has 0 amide bonds. The highest BCUT2D eigenvalue weighted by Gasteiger charge is 2.55. The molecule has 2 atom stereocenters. The van der Waals surface area contributed by atoms with Gasteiger partial charge in [-0.1, -0.05) is 18.2 Å². The summed E-state index contributed by atoms with van der Waals surface area (Å²) >= 11 is 0. The quantitative estimate of drug-likeness (QED) is 0.0664. The van der Waals surface area contributed by atoms with Crippen LogP contribution in [0.15, 0.2) is 72.8 Å². The van der Waals surface area contributed by atoms with Crippen LogP contribution in [0.4, 0.5) is 0 Å².